The minimum atomic E-state index is -0.276. The van der Waals surface area contributed by atoms with Gasteiger partial charge in [0, 0.05) is 23.2 Å². The molecule has 4 heteroatoms. The molecule has 0 amide bonds. The average molecular weight is 287 g/mol. The van der Waals surface area contributed by atoms with Gasteiger partial charge >= 0.3 is 5.97 Å². The fourth-order valence-electron chi connectivity index (χ4n) is 2.95. The van der Waals surface area contributed by atoms with Gasteiger partial charge in [-0.1, -0.05) is 0 Å². The molecule has 1 aromatic carbocycles. The van der Waals surface area contributed by atoms with E-state index in [1.165, 1.54) is 29.5 Å². The van der Waals surface area contributed by atoms with Gasteiger partial charge in [-0.3, -0.25) is 0 Å². The van der Waals surface area contributed by atoms with Crippen LogP contribution in [0.15, 0.2) is 18.2 Å². The van der Waals surface area contributed by atoms with Crippen LogP contribution in [0.4, 0.5) is 0 Å². The Bertz CT molecular complexity index is 645. The molecule has 1 aliphatic rings. The normalized spacial score (nSPS) is 14.1. The summed E-state index contributed by atoms with van der Waals surface area (Å²) < 4.78 is 10.4. The van der Waals surface area contributed by atoms with E-state index < -0.39 is 0 Å². The summed E-state index contributed by atoms with van der Waals surface area (Å²) in [6.07, 6.45) is 4.67. The predicted octanol–water partition coefficient (Wildman–Crippen LogP) is 3.24. The van der Waals surface area contributed by atoms with Gasteiger partial charge in [0.25, 0.3) is 0 Å². The maximum atomic E-state index is 12.1. The van der Waals surface area contributed by atoms with Crippen LogP contribution in [0.3, 0.4) is 0 Å². The molecule has 2 aromatic rings. The number of hydrogen-bond acceptors (Lipinski definition) is 3. The summed E-state index contributed by atoms with van der Waals surface area (Å²) in [5, 5.41) is 1.17. The van der Waals surface area contributed by atoms with Crippen LogP contribution in [0.5, 0.6) is 0 Å². The number of benzene rings is 1. The molecule has 0 unspecified atom stereocenters. The van der Waals surface area contributed by atoms with Crippen LogP contribution in [-0.2, 0) is 22.3 Å². The highest BCUT2D eigenvalue weighted by atomic mass is 16.6. The quantitative estimate of drug-likeness (QED) is 0.678. The summed E-state index contributed by atoms with van der Waals surface area (Å²) in [4.78, 5) is 15.5. The molecule has 0 bridgehead atoms. The predicted molar refractivity (Wildman–Crippen MR) is 81.7 cm³/mol. The van der Waals surface area contributed by atoms with Crippen molar-refractivity contribution in [2.75, 3.05) is 19.8 Å². The lowest BCUT2D eigenvalue weighted by Crippen LogP contribution is -2.10. The number of fused-ring (bicyclic) bond motifs is 3. The molecular formula is C17H21NO3. The zero-order chi connectivity index (χ0) is 14.7. The second-order valence-electron chi connectivity index (χ2n) is 5.38. The molecule has 1 N–H and O–H groups in total. The van der Waals surface area contributed by atoms with E-state index in [2.05, 4.69) is 4.98 Å². The lowest BCUT2D eigenvalue weighted by atomic mass is 9.95. The van der Waals surface area contributed by atoms with Gasteiger partial charge in [0.1, 0.15) is 6.61 Å². The lowest BCUT2D eigenvalue weighted by molar-refractivity contribution is 0.0335. The molecule has 1 heterocycles. The number of H-pyrrole nitrogens is 1. The van der Waals surface area contributed by atoms with E-state index in [0.29, 0.717) is 25.4 Å². The van der Waals surface area contributed by atoms with Crippen molar-refractivity contribution in [1.82, 2.24) is 4.98 Å². The molecule has 0 aliphatic heterocycles. The molecule has 4 nitrogen and oxygen atoms in total. The first-order valence-electron chi connectivity index (χ1n) is 7.68. The highest BCUT2D eigenvalue weighted by Crippen LogP contribution is 2.29. The van der Waals surface area contributed by atoms with E-state index >= 15 is 0 Å². The molecule has 0 saturated carbocycles. The topological polar surface area (TPSA) is 51.3 Å². The van der Waals surface area contributed by atoms with Crippen LogP contribution < -0.4 is 0 Å². The summed E-state index contributed by atoms with van der Waals surface area (Å²) in [6.45, 7) is 3.31. The molecule has 0 radical (unpaired) electrons. The number of hydrogen-bond donors (Lipinski definition) is 1. The first kappa shape index (κ1) is 14.1. The standard InChI is InChI=1S/C17H21NO3/c1-2-20-9-10-21-17(19)12-7-8-16-14(11-12)13-5-3-4-6-15(13)18-16/h7-8,11,18H,2-6,9-10H2,1H3. The maximum Gasteiger partial charge on any atom is 0.338 e. The van der Waals surface area contributed by atoms with Crippen molar-refractivity contribution in [3.05, 3.63) is 35.0 Å². The van der Waals surface area contributed by atoms with Crippen molar-refractivity contribution >= 4 is 16.9 Å². The number of aryl methyl sites for hydroxylation is 2. The van der Waals surface area contributed by atoms with Crippen LogP contribution in [0.1, 0.15) is 41.4 Å². The van der Waals surface area contributed by atoms with Gasteiger partial charge in [0.05, 0.1) is 12.2 Å². The van der Waals surface area contributed by atoms with Crippen LogP contribution >= 0.6 is 0 Å². The SMILES string of the molecule is CCOCCOC(=O)c1ccc2[nH]c3c(c2c1)CCCC3. The molecule has 0 atom stereocenters. The van der Waals surface area contributed by atoms with Crippen molar-refractivity contribution in [1.29, 1.82) is 0 Å². The molecule has 0 fully saturated rings. The maximum absolute atomic E-state index is 12.1. The highest BCUT2D eigenvalue weighted by Gasteiger charge is 2.17. The molecule has 3 rings (SSSR count). The van der Waals surface area contributed by atoms with E-state index in [0.717, 1.165) is 18.4 Å². The summed E-state index contributed by atoms with van der Waals surface area (Å²) in [7, 11) is 0. The number of rotatable bonds is 5. The molecule has 21 heavy (non-hydrogen) atoms. The number of carbonyl (C=O) groups is 1. The third-order valence-corrected chi connectivity index (χ3v) is 4.00. The number of esters is 1. The zero-order valence-corrected chi connectivity index (χ0v) is 12.4. The summed E-state index contributed by atoms with van der Waals surface area (Å²) in [5.74, 6) is -0.276. The number of nitrogens with one attached hydrogen (secondary N) is 1. The Labute approximate surface area is 124 Å². The summed E-state index contributed by atoms with van der Waals surface area (Å²) in [6, 6.07) is 5.76. The molecule has 112 valence electrons. The van der Waals surface area contributed by atoms with E-state index in [1.54, 1.807) is 0 Å². The van der Waals surface area contributed by atoms with E-state index in [9.17, 15) is 4.79 Å². The molecule has 0 saturated heterocycles. The first-order valence-corrected chi connectivity index (χ1v) is 7.68. The van der Waals surface area contributed by atoms with Gasteiger partial charge in [0.15, 0.2) is 0 Å². The molecule has 1 aromatic heterocycles. The monoisotopic (exact) mass is 287 g/mol. The Morgan fingerprint density at radius 2 is 2.10 bits per heavy atom. The summed E-state index contributed by atoms with van der Waals surface area (Å²) >= 11 is 0. The third-order valence-electron chi connectivity index (χ3n) is 4.00. The van der Waals surface area contributed by atoms with E-state index in [-0.39, 0.29) is 5.97 Å². The zero-order valence-electron chi connectivity index (χ0n) is 12.4. The van der Waals surface area contributed by atoms with Crippen LogP contribution in [0.2, 0.25) is 0 Å². The molecule has 0 spiro atoms. The summed E-state index contributed by atoms with van der Waals surface area (Å²) in [5.41, 5.74) is 4.44. The van der Waals surface area contributed by atoms with Crippen molar-refractivity contribution < 1.29 is 14.3 Å². The molecule has 1 aliphatic carbocycles. The first-order chi connectivity index (χ1) is 10.3. The van der Waals surface area contributed by atoms with Crippen molar-refractivity contribution in [2.45, 2.75) is 32.6 Å². The van der Waals surface area contributed by atoms with Crippen molar-refractivity contribution in [2.24, 2.45) is 0 Å². The average Bonchev–Trinajstić information content (AvgIpc) is 2.89. The molecular weight excluding hydrogens is 266 g/mol. The van der Waals surface area contributed by atoms with Crippen molar-refractivity contribution in [3.8, 4) is 0 Å². The van der Waals surface area contributed by atoms with Gasteiger partial charge in [-0.05, 0) is 56.4 Å². The minimum Gasteiger partial charge on any atom is -0.460 e. The Hall–Kier alpha value is -1.81. The number of carbonyl (C=O) groups excluding carboxylic acids is 1. The number of aromatic amines is 1. The van der Waals surface area contributed by atoms with Crippen LogP contribution in [0, 0.1) is 0 Å². The second kappa shape index (κ2) is 6.31. The van der Waals surface area contributed by atoms with Gasteiger partial charge < -0.3 is 14.5 Å². The van der Waals surface area contributed by atoms with Gasteiger partial charge in [-0.25, -0.2) is 4.79 Å². The van der Waals surface area contributed by atoms with Gasteiger partial charge in [-0.2, -0.15) is 0 Å². The van der Waals surface area contributed by atoms with Gasteiger partial charge in [0.2, 0.25) is 0 Å². The third kappa shape index (κ3) is 2.95. The highest BCUT2D eigenvalue weighted by molar-refractivity contribution is 5.96. The van der Waals surface area contributed by atoms with Gasteiger partial charge in [-0.15, -0.1) is 0 Å². The van der Waals surface area contributed by atoms with Crippen molar-refractivity contribution in [3.63, 3.8) is 0 Å². The van der Waals surface area contributed by atoms with E-state index in [1.807, 2.05) is 25.1 Å². The second-order valence-corrected chi connectivity index (χ2v) is 5.38. The number of aromatic nitrogens is 1. The lowest BCUT2D eigenvalue weighted by Gasteiger charge is -2.10. The Kier molecular flexibility index (Phi) is 4.25. The Morgan fingerprint density at radius 3 is 2.95 bits per heavy atom. The minimum absolute atomic E-state index is 0.276. The van der Waals surface area contributed by atoms with Crippen LogP contribution in [0.25, 0.3) is 10.9 Å². The largest absolute Gasteiger partial charge is 0.460 e. The van der Waals surface area contributed by atoms with Crippen LogP contribution in [-0.4, -0.2) is 30.8 Å². The van der Waals surface area contributed by atoms with E-state index in [4.69, 9.17) is 9.47 Å². The fraction of sp³-hybridized carbons (Fsp3) is 0.471. The Morgan fingerprint density at radius 1 is 1.24 bits per heavy atom. The Balaban J connectivity index is 1.78. The fourth-order valence-corrected chi connectivity index (χ4v) is 2.95. The smallest absolute Gasteiger partial charge is 0.338 e. The number of ether oxygens (including phenoxy) is 2.